The van der Waals surface area contributed by atoms with Gasteiger partial charge in [-0.1, -0.05) is 18.7 Å². The van der Waals surface area contributed by atoms with Crippen LogP contribution in [0, 0.1) is 0 Å². The predicted octanol–water partition coefficient (Wildman–Crippen LogP) is -0.557. The van der Waals surface area contributed by atoms with Gasteiger partial charge in [-0.2, -0.15) is 0 Å². The molecule has 2 aromatic rings. The largest absolute Gasteiger partial charge is 0.508 e. The second-order valence-corrected chi connectivity index (χ2v) is 9.06. The summed E-state index contributed by atoms with van der Waals surface area (Å²) in [6, 6.07) is 7.81. The van der Waals surface area contributed by atoms with Gasteiger partial charge < -0.3 is 54.7 Å². The minimum Gasteiger partial charge on any atom is -0.508 e. The van der Waals surface area contributed by atoms with Crippen LogP contribution in [0.2, 0.25) is 0 Å². The van der Waals surface area contributed by atoms with Crippen LogP contribution < -0.4 is 9.47 Å². The van der Waals surface area contributed by atoms with Gasteiger partial charge in [0.2, 0.25) is 12.1 Å². The number of carbonyl (C=O) groups is 2. The number of fused-ring (bicyclic) bond motifs is 1. The molecule has 7 unspecified atom stereocenters. The summed E-state index contributed by atoms with van der Waals surface area (Å²) < 4.78 is 21.9. The minimum atomic E-state index is -1.77. The molecule has 2 heterocycles. The van der Waals surface area contributed by atoms with Crippen LogP contribution in [0.4, 0.5) is 0 Å². The molecule has 0 bridgehead atoms. The summed E-state index contributed by atoms with van der Waals surface area (Å²) >= 11 is 0. The molecule has 0 saturated carbocycles. The van der Waals surface area contributed by atoms with Gasteiger partial charge in [0, 0.05) is 30.7 Å². The first kappa shape index (κ1) is 28.3. The van der Waals surface area contributed by atoms with Gasteiger partial charge in [-0.05, 0) is 17.7 Å². The monoisotopic (exact) mass is 548 g/mol. The average molecular weight is 548 g/mol. The summed E-state index contributed by atoms with van der Waals surface area (Å²) in [5, 5.41) is 70.4. The van der Waals surface area contributed by atoms with Crippen LogP contribution in [0.5, 0.6) is 23.0 Å². The number of hydrogen-bond acceptors (Lipinski definition) is 13. The number of carbonyl (C=O) groups excluding carboxylic acids is 2. The summed E-state index contributed by atoms with van der Waals surface area (Å²) in [4.78, 5) is 24.8. The molecule has 13 heteroatoms. The molecule has 2 aromatic carbocycles. The summed E-state index contributed by atoms with van der Waals surface area (Å²) in [6.07, 6.45) is -11.0. The molecule has 1 saturated heterocycles. The Morgan fingerprint density at radius 3 is 2.36 bits per heavy atom. The number of aliphatic hydroxyl groups is 5. The van der Waals surface area contributed by atoms with Crippen molar-refractivity contribution in [2.45, 2.75) is 49.3 Å². The summed E-state index contributed by atoms with van der Waals surface area (Å²) in [5.41, 5.74) is 0.0386. The third-order valence-electron chi connectivity index (χ3n) is 6.33. The average Bonchev–Trinajstić information content (AvgIpc) is 2.90. The van der Waals surface area contributed by atoms with Gasteiger partial charge in [-0.15, -0.1) is 0 Å². The van der Waals surface area contributed by atoms with Gasteiger partial charge in [0.1, 0.15) is 59.6 Å². The third kappa shape index (κ3) is 5.83. The molecule has 0 aliphatic carbocycles. The Hall–Kier alpha value is -3.72. The van der Waals surface area contributed by atoms with Crippen molar-refractivity contribution in [3.05, 3.63) is 59.7 Å². The quantitative estimate of drug-likeness (QED) is 0.163. The summed E-state index contributed by atoms with van der Waals surface area (Å²) in [7, 11) is 0. The van der Waals surface area contributed by atoms with E-state index in [1.807, 2.05) is 0 Å². The first-order chi connectivity index (χ1) is 18.5. The lowest BCUT2D eigenvalue weighted by molar-refractivity contribution is -0.278. The maximum Gasteiger partial charge on any atom is 0.333 e. The lowest BCUT2D eigenvalue weighted by Gasteiger charge is -2.40. The van der Waals surface area contributed by atoms with Crippen molar-refractivity contribution in [3.8, 4) is 23.0 Å². The van der Waals surface area contributed by atoms with Gasteiger partial charge in [-0.3, -0.25) is 4.79 Å². The van der Waals surface area contributed by atoms with E-state index in [2.05, 4.69) is 6.58 Å². The van der Waals surface area contributed by atoms with Crippen LogP contribution >= 0.6 is 0 Å². The Morgan fingerprint density at radius 2 is 1.69 bits per heavy atom. The third-order valence-corrected chi connectivity index (χ3v) is 6.33. The van der Waals surface area contributed by atoms with Gasteiger partial charge in [0.15, 0.2) is 12.2 Å². The first-order valence-electron chi connectivity index (χ1n) is 11.9. The maximum atomic E-state index is 12.8. The van der Waals surface area contributed by atoms with Crippen molar-refractivity contribution in [1.29, 1.82) is 0 Å². The number of esters is 1. The van der Waals surface area contributed by atoms with Crippen molar-refractivity contribution >= 4 is 11.8 Å². The fourth-order valence-corrected chi connectivity index (χ4v) is 4.17. The standard InChI is InChI=1S/C26H28O13/c1-11(6-7-27)25(35)36-10-17-19(30)21(32)23(34)26(39-17)37-14-8-15(29)18-16(9-14)38-24(22(33)20(18)31)12-2-4-13(28)5-3-12/h2-5,8-9,17,19,21-24,26-30,32-34H,1,6-7,10H2. The molecular weight excluding hydrogens is 520 g/mol. The molecule has 39 heavy (non-hydrogen) atoms. The molecule has 0 radical (unpaired) electrons. The van der Waals surface area contributed by atoms with Gasteiger partial charge in [0.25, 0.3) is 0 Å². The highest BCUT2D eigenvalue weighted by molar-refractivity contribution is 6.05. The number of ether oxygens (including phenoxy) is 4. The first-order valence-corrected chi connectivity index (χ1v) is 11.9. The van der Waals surface area contributed by atoms with Crippen LogP contribution in [0.25, 0.3) is 0 Å². The van der Waals surface area contributed by atoms with Gasteiger partial charge in [0.05, 0.1) is 0 Å². The van der Waals surface area contributed by atoms with E-state index in [0.717, 1.165) is 6.07 Å². The molecule has 13 nitrogen and oxygen atoms in total. The zero-order chi connectivity index (χ0) is 28.4. The Bertz CT molecular complexity index is 1230. The molecular formula is C26H28O13. The van der Waals surface area contributed by atoms with Crippen molar-refractivity contribution < 1.29 is 64.3 Å². The molecule has 0 amide bonds. The smallest absolute Gasteiger partial charge is 0.333 e. The number of rotatable bonds is 8. The second kappa shape index (κ2) is 11.6. The van der Waals surface area contributed by atoms with E-state index in [0.29, 0.717) is 5.56 Å². The van der Waals surface area contributed by atoms with Gasteiger partial charge >= 0.3 is 5.97 Å². The molecule has 4 rings (SSSR count). The van der Waals surface area contributed by atoms with Crippen LogP contribution in [-0.2, 0) is 14.3 Å². The van der Waals surface area contributed by atoms with Crippen molar-refractivity contribution in [2.24, 2.45) is 0 Å². The lowest BCUT2D eigenvalue weighted by atomic mass is 9.93. The van der Waals surface area contributed by atoms with Crippen molar-refractivity contribution in [2.75, 3.05) is 13.2 Å². The van der Waals surface area contributed by atoms with Crippen LogP contribution in [0.15, 0.2) is 48.6 Å². The SMILES string of the molecule is C=C(CCO)C(=O)OCC1OC(Oc2cc(O)c3c(c2)OC(c2ccc(O)cc2)C(O)C3=O)C(O)C(O)C1O. The number of phenolic OH excluding ortho intramolecular Hbond substituents is 2. The highest BCUT2D eigenvalue weighted by Crippen LogP contribution is 2.42. The second-order valence-electron chi connectivity index (χ2n) is 9.06. The topological polar surface area (TPSA) is 213 Å². The minimum absolute atomic E-state index is 0.0222. The summed E-state index contributed by atoms with van der Waals surface area (Å²) in [5.74, 6) is -2.64. The highest BCUT2D eigenvalue weighted by Gasteiger charge is 2.46. The molecule has 0 aromatic heterocycles. The fourth-order valence-electron chi connectivity index (χ4n) is 4.17. The number of Topliss-reactive ketones (excluding diaryl/α,β-unsaturated/α-hetero) is 1. The van der Waals surface area contributed by atoms with Crippen molar-refractivity contribution in [1.82, 2.24) is 0 Å². The zero-order valence-electron chi connectivity index (χ0n) is 20.4. The van der Waals surface area contributed by atoms with E-state index in [1.54, 1.807) is 0 Å². The number of aliphatic hydroxyl groups excluding tert-OH is 5. The molecule has 210 valence electrons. The number of ketones is 1. The van der Waals surface area contributed by atoms with Crippen molar-refractivity contribution in [3.63, 3.8) is 0 Å². The van der Waals surface area contributed by atoms with E-state index in [1.165, 1.54) is 30.3 Å². The molecule has 2 aliphatic heterocycles. The zero-order valence-corrected chi connectivity index (χ0v) is 20.4. The normalized spacial score (nSPS) is 28.2. The van der Waals surface area contributed by atoms with Crippen LogP contribution in [-0.4, -0.2) is 97.5 Å². The van der Waals surface area contributed by atoms with Crippen LogP contribution in [0.3, 0.4) is 0 Å². The number of hydrogen-bond donors (Lipinski definition) is 7. The fraction of sp³-hybridized carbons (Fsp3) is 0.385. The van der Waals surface area contributed by atoms with E-state index in [-0.39, 0.29) is 41.4 Å². The Kier molecular flexibility index (Phi) is 8.39. The highest BCUT2D eigenvalue weighted by atomic mass is 16.7. The van der Waals surface area contributed by atoms with E-state index >= 15 is 0 Å². The predicted molar refractivity (Wildman–Crippen MR) is 129 cm³/mol. The Balaban J connectivity index is 1.53. The molecule has 1 fully saturated rings. The maximum absolute atomic E-state index is 12.8. The van der Waals surface area contributed by atoms with E-state index < -0.39 is 67.0 Å². The molecule has 0 spiro atoms. The molecule has 7 N–H and O–H groups in total. The lowest BCUT2D eigenvalue weighted by Crippen LogP contribution is -2.60. The molecule has 7 atom stereocenters. The number of benzene rings is 2. The summed E-state index contributed by atoms with van der Waals surface area (Å²) in [6.45, 7) is 2.60. The van der Waals surface area contributed by atoms with Crippen LogP contribution in [0.1, 0.15) is 28.4 Å². The van der Waals surface area contributed by atoms with E-state index in [9.17, 15) is 40.2 Å². The Labute approximate surface area is 221 Å². The number of aromatic hydroxyl groups is 2. The Morgan fingerprint density at radius 1 is 1.00 bits per heavy atom. The van der Waals surface area contributed by atoms with Gasteiger partial charge in [-0.25, -0.2) is 4.79 Å². The number of phenols is 2. The molecule has 2 aliphatic rings. The van der Waals surface area contributed by atoms with E-state index in [4.69, 9.17) is 24.1 Å².